The summed E-state index contributed by atoms with van der Waals surface area (Å²) < 4.78 is 85.9. The topological polar surface area (TPSA) is 131 Å². The lowest BCUT2D eigenvalue weighted by atomic mass is 10.2. The highest BCUT2D eigenvalue weighted by Gasteiger charge is 2.29. The molecule has 0 radical (unpaired) electrons. The van der Waals surface area contributed by atoms with Crippen molar-refractivity contribution in [2.45, 2.75) is 37.0 Å². The Hall–Kier alpha value is -3.94. The van der Waals surface area contributed by atoms with Gasteiger partial charge in [-0.2, -0.15) is 5.10 Å². The fraction of sp³-hybridized carbons (Fsp3) is 0.304. The van der Waals surface area contributed by atoms with Gasteiger partial charge in [0.15, 0.2) is 28.8 Å². The second-order valence-corrected chi connectivity index (χ2v) is 9.98. The van der Waals surface area contributed by atoms with Gasteiger partial charge in [0.2, 0.25) is 0 Å². The lowest BCUT2D eigenvalue weighted by molar-refractivity contribution is 0.150. The van der Waals surface area contributed by atoms with Crippen molar-refractivity contribution < 1.29 is 35.6 Å². The van der Waals surface area contributed by atoms with Crippen molar-refractivity contribution in [2.24, 2.45) is 0 Å². The van der Waals surface area contributed by atoms with Crippen LogP contribution in [0.1, 0.15) is 43.4 Å². The maximum atomic E-state index is 15.4. The number of rotatable bonds is 10. The lowest BCUT2D eigenvalue weighted by Crippen LogP contribution is -2.15. The van der Waals surface area contributed by atoms with E-state index in [1.165, 1.54) is 13.2 Å². The van der Waals surface area contributed by atoms with E-state index in [1.807, 2.05) is 0 Å². The summed E-state index contributed by atoms with van der Waals surface area (Å²) in [6.07, 6.45) is -0.690. The Kier molecular flexibility index (Phi) is 6.35. The molecule has 4 aromatic rings. The molecule has 1 saturated carbocycles. The van der Waals surface area contributed by atoms with E-state index in [-0.39, 0.29) is 40.6 Å². The van der Waals surface area contributed by atoms with Gasteiger partial charge in [0.25, 0.3) is 16.4 Å². The first kappa shape index (κ1) is 24.7. The van der Waals surface area contributed by atoms with Crippen molar-refractivity contribution in [3.8, 4) is 11.5 Å². The fourth-order valence-electron chi connectivity index (χ4n) is 3.87. The van der Waals surface area contributed by atoms with Crippen LogP contribution in [-0.2, 0) is 10.0 Å². The molecule has 0 spiro atoms. The van der Waals surface area contributed by atoms with E-state index in [0.717, 1.165) is 36.7 Å². The van der Waals surface area contributed by atoms with Crippen LogP contribution in [-0.4, -0.2) is 37.5 Å². The molecule has 0 saturated heterocycles. The van der Waals surface area contributed by atoms with Crippen molar-refractivity contribution in [2.75, 3.05) is 23.8 Å². The van der Waals surface area contributed by atoms with Gasteiger partial charge in [0.05, 0.1) is 19.4 Å². The SMILES string of the molecule is CCOc1cc(C(F)F)ccc1S(=O)(=O)Nc1noc2cc(Nc3cc(C4CC4)[nH]n3)c(F)c(OC)c12. The van der Waals surface area contributed by atoms with Gasteiger partial charge >= 0.3 is 0 Å². The molecule has 1 aliphatic rings. The van der Waals surface area contributed by atoms with Crippen molar-refractivity contribution in [1.29, 1.82) is 0 Å². The molecule has 5 rings (SSSR count). The summed E-state index contributed by atoms with van der Waals surface area (Å²) in [6, 6.07) is 6.00. The molecule has 2 aromatic carbocycles. The number of benzene rings is 2. The number of aromatic amines is 1. The molecule has 0 aliphatic heterocycles. The van der Waals surface area contributed by atoms with Crippen LogP contribution in [0, 0.1) is 5.82 Å². The molecule has 1 fully saturated rings. The third-order valence-electron chi connectivity index (χ3n) is 5.78. The van der Waals surface area contributed by atoms with Crippen LogP contribution in [0.2, 0.25) is 0 Å². The fourth-order valence-corrected chi connectivity index (χ4v) is 5.01. The van der Waals surface area contributed by atoms with Crippen LogP contribution in [0.5, 0.6) is 11.5 Å². The zero-order valence-electron chi connectivity index (χ0n) is 19.6. The number of aromatic nitrogens is 3. The summed E-state index contributed by atoms with van der Waals surface area (Å²) in [5.74, 6) is -0.966. The van der Waals surface area contributed by atoms with Crippen LogP contribution < -0.4 is 19.5 Å². The molecule has 0 atom stereocenters. The van der Waals surface area contributed by atoms with Crippen LogP contribution in [0.15, 0.2) is 39.8 Å². The third-order valence-corrected chi connectivity index (χ3v) is 7.16. The van der Waals surface area contributed by atoms with E-state index in [9.17, 15) is 17.2 Å². The number of anilines is 3. The molecule has 10 nitrogen and oxygen atoms in total. The van der Waals surface area contributed by atoms with Crippen molar-refractivity contribution in [3.63, 3.8) is 0 Å². The summed E-state index contributed by atoms with van der Waals surface area (Å²) in [5, 5.41) is 13.6. The Balaban J connectivity index is 1.50. The molecule has 3 N–H and O–H groups in total. The molecular weight excluding hydrogens is 515 g/mol. The van der Waals surface area contributed by atoms with Gasteiger partial charge in [-0.3, -0.25) is 9.82 Å². The van der Waals surface area contributed by atoms with E-state index in [4.69, 9.17) is 14.0 Å². The third kappa shape index (κ3) is 4.75. The van der Waals surface area contributed by atoms with E-state index >= 15 is 4.39 Å². The van der Waals surface area contributed by atoms with Crippen LogP contribution in [0.4, 0.5) is 30.5 Å². The minimum atomic E-state index is -4.42. The average Bonchev–Trinajstić information content (AvgIpc) is 3.49. The lowest BCUT2D eigenvalue weighted by Gasteiger charge is -2.14. The number of nitrogens with one attached hydrogen (secondary N) is 3. The molecule has 2 aromatic heterocycles. The largest absolute Gasteiger partial charge is 0.493 e. The summed E-state index contributed by atoms with van der Waals surface area (Å²) in [7, 11) is -3.20. The smallest absolute Gasteiger partial charge is 0.266 e. The Morgan fingerprint density at radius 3 is 2.70 bits per heavy atom. The van der Waals surface area contributed by atoms with Gasteiger partial charge in [-0.15, -0.1) is 0 Å². The molecule has 196 valence electrons. The first-order valence-corrected chi connectivity index (χ1v) is 12.8. The van der Waals surface area contributed by atoms with Gasteiger partial charge < -0.3 is 19.3 Å². The van der Waals surface area contributed by atoms with Crippen LogP contribution in [0.3, 0.4) is 0 Å². The Labute approximate surface area is 209 Å². The second-order valence-electron chi connectivity index (χ2n) is 8.33. The monoisotopic (exact) mass is 537 g/mol. The predicted octanol–water partition coefficient (Wildman–Crippen LogP) is 5.46. The van der Waals surface area contributed by atoms with E-state index in [0.29, 0.717) is 11.7 Å². The van der Waals surface area contributed by atoms with Gasteiger partial charge in [-0.25, -0.2) is 21.6 Å². The number of sulfonamides is 1. The number of ether oxygens (including phenoxy) is 2. The minimum absolute atomic E-state index is 0.0227. The quantitative estimate of drug-likeness (QED) is 0.243. The molecular formula is C23H22F3N5O5S. The maximum Gasteiger partial charge on any atom is 0.266 e. The van der Waals surface area contributed by atoms with E-state index in [2.05, 4.69) is 25.4 Å². The molecule has 0 unspecified atom stereocenters. The van der Waals surface area contributed by atoms with Gasteiger partial charge in [-0.1, -0.05) is 11.2 Å². The highest BCUT2D eigenvalue weighted by Crippen LogP contribution is 2.42. The summed E-state index contributed by atoms with van der Waals surface area (Å²) >= 11 is 0. The molecule has 0 bridgehead atoms. The molecule has 14 heteroatoms. The molecule has 37 heavy (non-hydrogen) atoms. The average molecular weight is 538 g/mol. The Bertz CT molecular complexity index is 1570. The standard InChI is InChI=1S/C23H22F3N5O5S/c1-3-35-15-8-12(22(25)26)6-7-17(15)37(32,33)31-23-19-16(36-30-23)9-14(20(24)21(19)34-2)27-18-10-13(28-29-18)11-4-5-11/h6-11,22H,3-5H2,1-2H3,(H,30,31)(H2,27,28,29). The van der Waals surface area contributed by atoms with E-state index < -0.39 is 32.7 Å². The van der Waals surface area contributed by atoms with Gasteiger partial charge in [-0.05, 0) is 31.9 Å². The number of halogens is 3. The van der Waals surface area contributed by atoms with Gasteiger partial charge in [0.1, 0.15) is 16.0 Å². The number of hydrogen-bond donors (Lipinski definition) is 3. The van der Waals surface area contributed by atoms with Crippen molar-refractivity contribution in [3.05, 3.63) is 47.4 Å². The second kappa shape index (κ2) is 9.50. The predicted molar refractivity (Wildman–Crippen MR) is 128 cm³/mol. The number of nitrogens with zero attached hydrogens (tertiary/aromatic N) is 2. The highest BCUT2D eigenvalue weighted by molar-refractivity contribution is 7.92. The number of alkyl halides is 2. The maximum absolute atomic E-state index is 15.4. The Morgan fingerprint density at radius 2 is 2.03 bits per heavy atom. The van der Waals surface area contributed by atoms with Gasteiger partial charge in [0, 0.05) is 29.3 Å². The normalized spacial score (nSPS) is 13.8. The zero-order valence-corrected chi connectivity index (χ0v) is 20.5. The van der Waals surface area contributed by atoms with Crippen molar-refractivity contribution >= 4 is 38.3 Å². The van der Waals surface area contributed by atoms with Crippen molar-refractivity contribution in [1.82, 2.24) is 15.4 Å². The highest BCUT2D eigenvalue weighted by atomic mass is 32.2. The first-order chi connectivity index (χ1) is 17.7. The minimum Gasteiger partial charge on any atom is -0.493 e. The molecule has 1 aliphatic carbocycles. The summed E-state index contributed by atoms with van der Waals surface area (Å²) in [6.45, 7) is 1.62. The number of hydrogen-bond acceptors (Lipinski definition) is 8. The zero-order chi connectivity index (χ0) is 26.3. The van der Waals surface area contributed by atoms with Crippen LogP contribution in [0.25, 0.3) is 11.0 Å². The molecule has 2 heterocycles. The number of fused-ring (bicyclic) bond motifs is 1. The number of H-pyrrole nitrogens is 1. The van der Waals surface area contributed by atoms with Crippen LogP contribution >= 0.6 is 0 Å². The first-order valence-electron chi connectivity index (χ1n) is 11.3. The molecule has 0 amide bonds. The number of methoxy groups -OCH3 is 1. The van der Waals surface area contributed by atoms with E-state index in [1.54, 1.807) is 13.0 Å². The Morgan fingerprint density at radius 1 is 1.24 bits per heavy atom. The summed E-state index contributed by atoms with van der Waals surface area (Å²) in [4.78, 5) is -0.405. The summed E-state index contributed by atoms with van der Waals surface area (Å²) in [5.41, 5.74) is 0.541.